The number of nitrogens with one attached hydrogen (secondary N) is 1. The van der Waals surface area contributed by atoms with Crippen LogP contribution in [0.1, 0.15) is 26.7 Å². The molecule has 0 bridgehead atoms. The lowest BCUT2D eigenvalue weighted by atomic mass is 9.87. The number of hydrogen-bond acceptors (Lipinski definition) is 7. The zero-order valence-corrected chi connectivity index (χ0v) is 15.8. The number of amides is 1. The van der Waals surface area contributed by atoms with Crippen molar-refractivity contribution in [1.29, 1.82) is 0 Å². The van der Waals surface area contributed by atoms with E-state index in [0.29, 0.717) is 32.7 Å². The van der Waals surface area contributed by atoms with E-state index in [9.17, 15) is 9.90 Å². The van der Waals surface area contributed by atoms with Crippen LogP contribution in [-0.2, 0) is 16.1 Å². The van der Waals surface area contributed by atoms with E-state index in [1.54, 1.807) is 12.7 Å². The molecule has 2 N–H and O–H groups in total. The number of carbonyl (C=O) groups is 1. The minimum absolute atomic E-state index is 0.0735. The summed E-state index contributed by atoms with van der Waals surface area (Å²) < 4.78 is 7.26. The molecule has 2 aromatic heterocycles. The summed E-state index contributed by atoms with van der Waals surface area (Å²) in [4.78, 5) is 27.2. The maximum Gasteiger partial charge on any atom is 0.220 e. The van der Waals surface area contributed by atoms with Crippen molar-refractivity contribution < 1.29 is 14.6 Å². The SMILES string of the molecule is CC(C)N(C[C@@H]1CCC(=O)N1)c1ncnc2c1ncn2CC1(CO)COC1. The number of fused-ring (bicyclic) bond motifs is 1. The average molecular weight is 374 g/mol. The van der Waals surface area contributed by atoms with Crippen molar-refractivity contribution >= 4 is 22.9 Å². The maximum atomic E-state index is 11.6. The summed E-state index contributed by atoms with van der Waals surface area (Å²) in [7, 11) is 0. The third kappa shape index (κ3) is 3.37. The predicted octanol–water partition coefficient (Wildman–Crippen LogP) is 0.329. The second kappa shape index (κ2) is 7.05. The number of aromatic nitrogens is 4. The highest BCUT2D eigenvalue weighted by atomic mass is 16.5. The van der Waals surface area contributed by atoms with Crippen molar-refractivity contribution in [2.45, 2.75) is 45.3 Å². The molecule has 2 fully saturated rings. The van der Waals surface area contributed by atoms with Crippen molar-refractivity contribution in [2.75, 3.05) is 31.3 Å². The lowest BCUT2D eigenvalue weighted by Crippen LogP contribution is -2.48. The molecule has 2 aliphatic heterocycles. The van der Waals surface area contributed by atoms with E-state index in [1.165, 1.54) is 0 Å². The van der Waals surface area contributed by atoms with E-state index in [4.69, 9.17) is 4.74 Å². The number of ether oxygens (including phenoxy) is 1. The van der Waals surface area contributed by atoms with Crippen LogP contribution in [0, 0.1) is 5.41 Å². The van der Waals surface area contributed by atoms with Crippen molar-refractivity contribution in [3.05, 3.63) is 12.7 Å². The van der Waals surface area contributed by atoms with E-state index >= 15 is 0 Å². The van der Waals surface area contributed by atoms with Gasteiger partial charge in [0.25, 0.3) is 0 Å². The molecule has 1 atom stereocenters. The standard InChI is InChI=1S/C18H26N6O3/c1-12(2)24(5-13-3-4-14(26)22-13)17-15-16(19-10-20-17)23(11-21-15)6-18(7-25)8-27-9-18/h10-13,25H,3-9H2,1-2H3,(H,22,26)/t13-/m0/s1. The molecule has 0 aromatic carbocycles. The molecule has 27 heavy (non-hydrogen) atoms. The number of rotatable bonds is 7. The van der Waals surface area contributed by atoms with Gasteiger partial charge in [-0.05, 0) is 20.3 Å². The first-order valence-corrected chi connectivity index (χ1v) is 9.42. The van der Waals surface area contributed by atoms with Crippen LogP contribution in [0.15, 0.2) is 12.7 Å². The summed E-state index contributed by atoms with van der Waals surface area (Å²) in [6, 6.07) is 0.325. The quantitative estimate of drug-likeness (QED) is 0.719. The molecule has 0 spiro atoms. The number of hydrogen-bond donors (Lipinski definition) is 2. The summed E-state index contributed by atoms with van der Waals surface area (Å²) in [5.74, 6) is 0.885. The number of aliphatic hydroxyl groups is 1. The normalized spacial score (nSPS) is 21.5. The van der Waals surface area contributed by atoms with Crippen molar-refractivity contribution in [3.8, 4) is 0 Å². The first kappa shape index (κ1) is 18.1. The molecular formula is C18H26N6O3. The van der Waals surface area contributed by atoms with Gasteiger partial charge in [-0.1, -0.05) is 0 Å². The second-order valence-electron chi connectivity index (χ2n) is 7.94. The number of aliphatic hydroxyl groups excluding tert-OH is 1. The van der Waals surface area contributed by atoms with E-state index in [0.717, 1.165) is 23.4 Å². The van der Waals surface area contributed by atoms with Crippen LogP contribution in [0.25, 0.3) is 11.2 Å². The Morgan fingerprint density at radius 1 is 1.41 bits per heavy atom. The van der Waals surface area contributed by atoms with Gasteiger partial charge in [0.2, 0.25) is 5.91 Å². The fourth-order valence-corrected chi connectivity index (χ4v) is 3.77. The summed E-state index contributed by atoms with van der Waals surface area (Å²) in [6.45, 7) is 6.67. The molecule has 4 rings (SSSR count). The minimum Gasteiger partial charge on any atom is -0.396 e. The Morgan fingerprint density at radius 3 is 2.81 bits per heavy atom. The summed E-state index contributed by atoms with van der Waals surface area (Å²) in [6.07, 6.45) is 4.73. The summed E-state index contributed by atoms with van der Waals surface area (Å²) >= 11 is 0. The van der Waals surface area contributed by atoms with Gasteiger partial charge in [0.1, 0.15) is 6.33 Å². The fourth-order valence-electron chi connectivity index (χ4n) is 3.77. The molecule has 146 valence electrons. The number of anilines is 1. The molecule has 9 heteroatoms. The monoisotopic (exact) mass is 374 g/mol. The van der Waals surface area contributed by atoms with Crippen molar-refractivity contribution in [3.63, 3.8) is 0 Å². The molecule has 2 saturated heterocycles. The minimum atomic E-state index is -0.259. The zero-order chi connectivity index (χ0) is 19.0. The first-order valence-electron chi connectivity index (χ1n) is 9.42. The van der Waals surface area contributed by atoms with Crippen molar-refractivity contribution in [2.24, 2.45) is 5.41 Å². The van der Waals surface area contributed by atoms with Crippen LogP contribution in [0.5, 0.6) is 0 Å². The Bertz CT molecular complexity index is 826. The van der Waals surface area contributed by atoms with Gasteiger partial charge in [-0.15, -0.1) is 0 Å². The van der Waals surface area contributed by atoms with Crippen LogP contribution < -0.4 is 10.2 Å². The molecule has 2 aromatic rings. The third-order valence-electron chi connectivity index (χ3n) is 5.44. The molecule has 4 heterocycles. The molecule has 0 saturated carbocycles. The Hall–Kier alpha value is -2.26. The number of nitrogens with zero attached hydrogens (tertiary/aromatic N) is 5. The zero-order valence-electron chi connectivity index (χ0n) is 15.8. The van der Waals surface area contributed by atoms with E-state index in [-0.39, 0.29) is 30.0 Å². The van der Waals surface area contributed by atoms with Crippen LogP contribution in [0.2, 0.25) is 0 Å². The highest BCUT2D eigenvalue weighted by Crippen LogP contribution is 2.31. The van der Waals surface area contributed by atoms with E-state index in [1.807, 2.05) is 4.57 Å². The van der Waals surface area contributed by atoms with Crippen LogP contribution >= 0.6 is 0 Å². The van der Waals surface area contributed by atoms with Gasteiger partial charge < -0.3 is 24.6 Å². The van der Waals surface area contributed by atoms with Crippen LogP contribution in [0.3, 0.4) is 0 Å². The molecule has 2 aliphatic rings. The van der Waals surface area contributed by atoms with Crippen LogP contribution in [-0.4, -0.2) is 69.0 Å². The van der Waals surface area contributed by atoms with Crippen LogP contribution in [0.4, 0.5) is 5.82 Å². The lowest BCUT2D eigenvalue weighted by molar-refractivity contribution is -0.144. The molecule has 0 unspecified atom stereocenters. The van der Waals surface area contributed by atoms with Gasteiger partial charge in [0.15, 0.2) is 17.0 Å². The molecule has 1 amide bonds. The Balaban J connectivity index is 1.63. The fraction of sp³-hybridized carbons (Fsp3) is 0.667. The van der Waals surface area contributed by atoms with Gasteiger partial charge in [-0.2, -0.15) is 0 Å². The van der Waals surface area contributed by atoms with Gasteiger partial charge in [0.05, 0.1) is 31.6 Å². The van der Waals surface area contributed by atoms with E-state index < -0.39 is 0 Å². The number of imidazole rings is 1. The first-order chi connectivity index (χ1) is 13.0. The number of carbonyl (C=O) groups excluding carboxylic acids is 1. The maximum absolute atomic E-state index is 11.6. The summed E-state index contributed by atoms with van der Waals surface area (Å²) in [5.41, 5.74) is 1.23. The Labute approximate surface area is 157 Å². The largest absolute Gasteiger partial charge is 0.396 e. The van der Waals surface area contributed by atoms with E-state index in [2.05, 4.69) is 39.0 Å². The molecular weight excluding hydrogens is 348 g/mol. The highest BCUT2D eigenvalue weighted by Gasteiger charge is 2.39. The molecule has 9 nitrogen and oxygen atoms in total. The second-order valence-corrected chi connectivity index (χ2v) is 7.94. The molecule has 0 radical (unpaired) electrons. The van der Waals surface area contributed by atoms with Gasteiger partial charge >= 0.3 is 0 Å². The third-order valence-corrected chi connectivity index (χ3v) is 5.44. The summed E-state index contributed by atoms with van der Waals surface area (Å²) in [5, 5.41) is 12.7. The topological polar surface area (TPSA) is 105 Å². The molecule has 0 aliphatic carbocycles. The van der Waals surface area contributed by atoms with Gasteiger partial charge in [-0.3, -0.25) is 4.79 Å². The highest BCUT2D eigenvalue weighted by molar-refractivity contribution is 5.83. The van der Waals surface area contributed by atoms with Gasteiger partial charge in [-0.25, -0.2) is 15.0 Å². The van der Waals surface area contributed by atoms with Gasteiger partial charge in [0, 0.05) is 31.6 Å². The Kier molecular flexibility index (Phi) is 4.73. The van der Waals surface area contributed by atoms with Crippen molar-refractivity contribution in [1.82, 2.24) is 24.8 Å². The predicted molar refractivity (Wildman–Crippen MR) is 99.3 cm³/mol. The average Bonchev–Trinajstić information content (AvgIpc) is 3.22. The smallest absolute Gasteiger partial charge is 0.220 e. The lowest BCUT2D eigenvalue weighted by Gasteiger charge is -2.39. The Morgan fingerprint density at radius 2 is 2.22 bits per heavy atom.